The molecule has 218 valence electrons. The van der Waals surface area contributed by atoms with Gasteiger partial charge in [-0.1, -0.05) is 37.3 Å². The predicted molar refractivity (Wildman–Crippen MR) is 155 cm³/mol. The quantitative estimate of drug-likeness (QED) is 0.348. The van der Waals surface area contributed by atoms with E-state index in [2.05, 4.69) is 5.32 Å². The van der Waals surface area contributed by atoms with Crippen LogP contribution in [0.15, 0.2) is 77.7 Å². The van der Waals surface area contributed by atoms with Crippen LogP contribution < -0.4 is 23.8 Å². The van der Waals surface area contributed by atoms with Gasteiger partial charge in [-0.25, -0.2) is 8.42 Å². The summed E-state index contributed by atoms with van der Waals surface area (Å²) in [6, 6.07) is 18.9. The lowest BCUT2D eigenvalue weighted by atomic mass is 10.1. The molecule has 0 saturated carbocycles. The van der Waals surface area contributed by atoms with Gasteiger partial charge in [-0.2, -0.15) is 0 Å². The molecule has 0 aromatic heterocycles. The van der Waals surface area contributed by atoms with E-state index in [1.165, 1.54) is 17.0 Å². The highest BCUT2D eigenvalue weighted by atomic mass is 32.2. The Morgan fingerprint density at radius 2 is 1.66 bits per heavy atom. The zero-order chi connectivity index (χ0) is 29.4. The number of anilines is 1. The van der Waals surface area contributed by atoms with Gasteiger partial charge in [0.05, 0.1) is 17.7 Å². The number of carbonyl (C=O) groups excluding carboxylic acids is 2. The molecule has 0 radical (unpaired) electrons. The Kier molecular flexibility index (Phi) is 9.72. The molecule has 3 aromatic carbocycles. The van der Waals surface area contributed by atoms with Crippen LogP contribution in [-0.2, 0) is 26.2 Å². The molecular weight excluding hydrogens is 546 g/mol. The van der Waals surface area contributed by atoms with Gasteiger partial charge in [-0.3, -0.25) is 13.9 Å². The zero-order valence-corrected chi connectivity index (χ0v) is 24.2. The fourth-order valence-corrected chi connectivity index (χ4v) is 5.77. The highest BCUT2D eigenvalue weighted by Crippen LogP contribution is 2.36. The van der Waals surface area contributed by atoms with Gasteiger partial charge in [0.1, 0.15) is 31.5 Å². The molecular formula is C30H35N3O7S. The third-order valence-electron chi connectivity index (χ3n) is 6.65. The average molecular weight is 582 g/mol. The van der Waals surface area contributed by atoms with E-state index in [-0.39, 0.29) is 23.0 Å². The Bertz CT molecular complexity index is 1450. The second-order valence-electron chi connectivity index (χ2n) is 9.49. The van der Waals surface area contributed by atoms with E-state index >= 15 is 0 Å². The van der Waals surface area contributed by atoms with Gasteiger partial charge in [-0.15, -0.1) is 0 Å². The first kappa shape index (κ1) is 29.7. The number of ether oxygens (including phenoxy) is 3. The fraction of sp³-hybridized carbons (Fsp3) is 0.333. The maximum absolute atomic E-state index is 14.0. The number of amides is 2. The van der Waals surface area contributed by atoms with Crippen molar-refractivity contribution in [3.05, 3.63) is 78.4 Å². The normalized spacial score (nSPS) is 13.1. The summed E-state index contributed by atoms with van der Waals surface area (Å²) in [7, 11) is -2.62. The summed E-state index contributed by atoms with van der Waals surface area (Å²) < 4.78 is 45.4. The number of benzene rings is 3. The first-order valence-electron chi connectivity index (χ1n) is 13.4. The van der Waals surface area contributed by atoms with Gasteiger partial charge in [0.2, 0.25) is 11.8 Å². The Balaban J connectivity index is 1.71. The standard InChI is InChI=1S/C30H35N3O7S/c1-4-16-31-30(35)22(2)32(20-23-10-13-25(38-3)14-11-23)29(34)21-33(41(36,37)26-8-6-5-7-9-26)24-12-15-27-28(19-24)40-18-17-39-27/h5-15,19,22H,4,16-18,20-21H2,1-3H3,(H,31,35)/t22-/m1/s1. The molecule has 1 aliphatic rings. The summed E-state index contributed by atoms with van der Waals surface area (Å²) in [5, 5.41) is 2.83. The first-order valence-corrected chi connectivity index (χ1v) is 14.9. The number of nitrogens with one attached hydrogen (secondary N) is 1. The van der Waals surface area contributed by atoms with Crippen LogP contribution in [0.2, 0.25) is 0 Å². The lowest BCUT2D eigenvalue weighted by molar-refractivity contribution is -0.139. The van der Waals surface area contributed by atoms with Crippen LogP contribution in [0, 0.1) is 0 Å². The molecule has 1 aliphatic heterocycles. The second-order valence-corrected chi connectivity index (χ2v) is 11.4. The summed E-state index contributed by atoms with van der Waals surface area (Å²) in [6.45, 7) is 4.27. The van der Waals surface area contributed by atoms with Crippen molar-refractivity contribution in [3.63, 3.8) is 0 Å². The summed E-state index contributed by atoms with van der Waals surface area (Å²) in [4.78, 5) is 28.4. The molecule has 1 heterocycles. The minimum absolute atomic E-state index is 0.0260. The third-order valence-corrected chi connectivity index (χ3v) is 8.44. The Morgan fingerprint density at radius 1 is 0.976 bits per heavy atom. The van der Waals surface area contributed by atoms with Crippen molar-refractivity contribution in [2.45, 2.75) is 37.8 Å². The van der Waals surface area contributed by atoms with Crippen molar-refractivity contribution in [2.24, 2.45) is 0 Å². The summed E-state index contributed by atoms with van der Waals surface area (Å²) in [6.07, 6.45) is 0.734. The van der Waals surface area contributed by atoms with Gasteiger partial charge in [0, 0.05) is 19.2 Å². The van der Waals surface area contributed by atoms with E-state index in [0.717, 1.165) is 16.3 Å². The average Bonchev–Trinajstić information content (AvgIpc) is 3.01. The molecule has 41 heavy (non-hydrogen) atoms. The molecule has 1 atom stereocenters. The van der Waals surface area contributed by atoms with E-state index in [0.29, 0.717) is 37.0 Å². The summed E-state index contributed by atoms with van der Waals surface area (Å²) in [5.74, 6) is 0.654. The molecule has 4 rings (SSSR count). The molecule has 11 heteroatoms. The molecule has 10 nitrogen and oxygen atoms in total. The minimum Gasteiger partial charge on any atom is -0.497 e. The van der Waals surface area contributed by atoms with Gasteiger partial charge in [0.25, 0.3) is 10.0 Å². The summed E-state index contributed by atoms with van der Waals surface area (Å²) in [5.41, 5.74) is 0.991. The second kappa shape index (κ2) is 13.4. The lowest BCUT2D eigenvalue weighted by Gasteiger charge is -2.32. The Labute approximate surface area is 240 Å². The molecule has 0 aliphatic carbocycles. The minimum atomic E-state index is -4.18. The topological polar surface area (TPSA) is 114 Å². The third kappa shape index (κ3) is 7.10. The van der Waals surface area contributed by atoms with Gasteiger partial charge >= 0.3 is 0 Å². The number of sulfonamides is 1. The maximum atomic E-state index is 14.0. The van der Waals surface area contributed by atoms with Crippen molar-refractivity contribution in [1.29, 1.82) is 0 Å². The van der Waals surface area contributed by atoms with Crippen LogP contribution in [0.5, 0.6) is 17.2 Å². The number of hydrogen-bond donors (Lipinski definition) is 1. The van der Waals surface area contributed by atoms with Crippen molar-refractivity contribution < 1.29 is 32.2 Å². The monoisotopic (exact) mass is 581 g/mol. The highest BCUT2D eigenvalue weighted by Gasteiger charge is 2.33. The number of hydrogen-bond acceptors (Lipinski definition) is 7. The van der Waals surface area contributed by atoms with Gasteiger partial charge < -0.3 is 24.4 Å². The van der Waals surface area contributed by atoms with Crippen LogP contribution in [-0.4, -0.2) is 64.6 Å². The molecule has 3 aromatic rings. The molecule has 0 bridgehead atoms. The molecule has 0 spiro atoms. The fourth-order valence-electron chi connectivity index (χ4n) is 4.34. The smallest absolute Gasteiger partial charge is 0.264 e. The number of rotatable bonds is 12. The Morgan fingerprint density at radius 3 is 2.32 bits per heavy atom. The van der Waals surface area contributed by atoms with Gasteiger partial charge in [-0.05, 0) is 55.3 Å². The van der Waals surface area contributed by atoms with Crippen molar-refractivity contribution in [3.8, 4) is 17.2 Å². The lowest BCUT2D eigenvalue weighted by Crippen LogP contribution is -2.51. The van der Waals surface area contributed by atoms with Crippen molar-refractivity contribution in [2.75, 3.05) is 37.7 Å². The van der Waals surface area contributed by atoms with E-state index in [1.807, 2.05) is 6.92 Å². The zero-order valence-electron chi connectivity index (χ0n) is 23.4. The van der Waals surface area contributed by atoms with E-state index in [9.17, 15) is 18.0 Å². The van der Waals surface area contributed by atoms with E-state index < -0.39 is 28.5 Å². The van der Waals surface area contributed by atoms with Crippen LogP contribution in [0.3, 0.4) is 0 Å². The van der Waals surface area contributed by atoms with Crippen molar-refractivity contribution >= 4 is 27.5 Å². The van der Waals surface area contributed by atoms with Crippen LogP contribution in [0.4, 0.5) is 5.69 Å². The molecule has 0 saturated heterocycles. The number of nitrogens with zero attached hydrogens (tertiary/aromatic N) is 2. The van der Waals surface area contributed by atoms with Crippen LogP contribution in [0.1, 0.15) is 25.8 Å². The number of fused-ring (bicyclic) bond motifs is 1. The maximum Gasteiger partial charge on any atom is 0.264 e. The predicted octanol–water partition coefficient (Wildman–Crippen LogP) is 3.61. The molecule has 2 amide bonds. The molecule has 1 N–H and O–H groups in total. The highest BCUT2D eigenvalue weighted by molar-refractivity contribution is 7.92. The first-order chi connectivity index (χ1) is 19.7. The largest absolute Gasteiger partial charge is 0.497 e. The summed E-state index contributed by atoms with van der Waals surface area (Å²) >= 11 is 0. The van der Waals surface area contributed by atoms with Crippen LogP contribution in [0.25, 0.3) is 0 Å². The Hall–Kier alpha value is -4.25. The number of methoxy groups -OCH3 is 1. The molecule has 0 unspecified atom stereocenters. The van der Waals surface area contributed by atoms with E-state index in [4.69, 9.17) is 14.2 Å². The van der Waals surface area contributed by atoms with Gasteiger partial charge in [0.15, 0.2) is 11.5 Å². The SMILES string of the molecule is CCCNC(=O)[C@@H](C)N(Cc1ccc(OC)cc1)C(=O)CN(c1ccc2c(c1)OCCO2)S(=O)(=O)c1ccccc1. The van der Waals surface area contributed by atoms with E-state index in [1.54, 1.807) is 74.7 Å². The number of carbonyl (C=O) groups is 2. The van der Waals surface area contributed by atoms with Crippen LogP contribution >= 0.6 is 0 Å². The van der Waals surface area contributed by atoms with Crippen molar-refractivity contribution in [1.82, 2.24) is 10.2 Å². The molecule has 0 fully saturated rings.